The fourth-order valence-electron chi connectivity index (χ4n) is 5.51. The Labute approximate surface area is 116 Å². The summed E-state index contributed by atoms with van der Waals surface area (Å²) in [4.78, 5) is 2.82. The Kier molecular flexibility index (Phi) is 3.13. The van der Waals surface area contributed by atoms with Gasteiger partial charge in [0.15, 0.2) is 6.29 Å². The van der Waals surface area contributed by atoms with E-state index in [0.717, 1.165) is 18.4 Å². The average molecular weight is 265 g/mol. The summed E-state index contributed by atoms with van der Waals surface area (Å²) in [7, 11) is 1.80. The maximum Gasteiger partial charge on any atom is 0.157 e. The number of piperidine rings is 2. The number of nitrogens with zero attached hydrogens (tertiary/aromatic N) is 1. The summed E-state index contributed by atoms with van der Waals surface area (Å²) >= 11 is 0. The lowest BCUT2D eigenvalue weighted by Crippen LogP contribution is -2.66. The van der Waals surface area contributed by atoms with Crippen molar-refractivity contribution in [1.29, 1.82) is 0 Å². The van der Waals surface area contributed by atoms with E-state index in [1.54, 1.807) is 7.11 Å². The zero-order chi connectivity index (χ0) is 12.9. The topological polar surface area (TPSA) is 21.7 Å². The van der Waals surface area contributed by atoms with Crippen molar-refractivity contribution in [1.82, 2.24) is 4.90 Å². The summed E-state index contributed by atoms with van der Waals surface area (Å²) in [6, 6.07) is 0.808. The van der Waals surface area contributed by atoms with Crippen LogP contribution in [0.3, 0.4) is 0 Å². The predicted molar refractivity (Wildman–Crippen MR) is 73.9 cm³/mol. The maximum atomic E-state index is 6.40. The van der Waals surface area contributed by atoms with Gasteiger partial charge in [0.25, 0.3) is 0 Å². The van der Waals surface area contributed by atoms with E-state index in [4.69, 9.17) is 9.47 Å². The lowest BCUT2D eigenvalue weighted by Gasteiger charge is -2.62. The van der Waals surface area contributed by atoms with Gasteiger partial charge in [-0.15, -0.1) is 0 Å². The zero-order valence-electron chi connectivity index (χ0n) is 12.1. The van der Waals surface area contributed by atoms with Crippen molar-refractivity contribution in [2.24, 2.45) is 11.3 Å². The van der Waals surface area contributed by atoms with Crippen LogP contribution in [0.1, 0.15) is 51.4 Å². The number of rotatable bonds is 1. The Bertz CT molecular complexity index is 348. The minimum atomic E-state index is 0.0638. The molecule has 0 amide bonds. The highest BCUT2D eigenvalue weighted by Gasteiger charge is 2.57. The molecule has 4 rings (SSSR count). The first-order valence-electron chi connectivity index (χ1n) is 8.25. The van der Waals surface area contributed by atoms with E-state index in [-0.39, 0.29) is 6.29 Å². The molecule has 4 aliphatic rings. The monoisotopic (exact) mass is 265 g/mol. The molecule has 1 aliphatic carbocycles. The molecule has 0 radical (unpaired) electrons. The molecule has 0 aromatic heterocycles. The third-order valence-corrected chi connectivity index (χ3v) is 6.32. The van der Waals surface area contributed by atoms with Crippen LogP contribution >= 0.6 is 0 Å². The van der Waals surface area contributed by atoms with Crippen molar-refractivity contribution in [3.8, 4) is 0 Å². The lowest BCUT2D eigenvalue weighted by molar-refractivity contribution is -0.276. The SMILES string of the molecule is CO[C@@H]1CC[C@@]23CCC[C@H]([C@H]4CCCCN4C2)[C@@H]3O1. The van der Waals surface area contributed by atoms with Crippen molar-refractivity contribution in [3.63, 3.8) is 0 Å². The first-order chi connectivity index (χ1) is 9.32. The molecule has 0 N–H and O–H groups in total. The van der Waals surface area contributed by atoms with Gasteiger partial charge in [0.1, 0.15) is 0 Å². The smallest absolute Gasteiger partial charge is 0.157 e. The standard InChI is InChI=1S/C16H27NO2/c1-18-14-7-9-16-8-4-5-12(15(16)19-14)13-6-2-3-10-17(13)11-16/h12-15H,2-11H2,1H3/t12-,13-,14+,15+,16+/m1/s1. The van der Waals surface area contributed by atoms with Gasteiger partial charge in [0, 0.05) is 31.0 Å². The molecular formula is C16H27NO2. The van der Waals surface area contributed by atoms with Crippen LogP contribution in [0.25, 0.3) is 0 Å². The fourth-order valence-corrected chi connectivity index (χ4v) is 5.51. The first kappa shape index (κ1) is 12.6. The number of ether oxygens (including phenoxy) is 2. The van der Waals surface area contributed by atoms with Gasteiger partial charge in [0.2, 0.25) is 0 Å². The Morgan fingerprint density at radius 3 is 2.95 bits per heavy atom. The molecular weight excluding hydrogens is 238 g/mol. The van der Waals surface area contributed by atoms with Crippen molar-refractivity contribution in [2.45, 2.75) is 69.8 Å². The molecule has 108 valence electrons. The Morgan fingerprint density at radius 1 is 1.11 bits per heavy atom. The second-order valence-corrected chi connectivity index (χ2v) is 7.21. The van der Waals surface area contributed by atoms with E-state index in [1.807, 2.05) is 0 Å². The Hall–Kier alpha value is -0.120. The van der Waals surface area contributed by atoms with Crippen LogP contribution in [0, 0.1) is 11.3 Å². The quantitative estimate of drug-likeness (QED) is 0.727. The van der Waals surface area contributed by atoms with Crippen LogP contribution < -0.4 is 0 Å². The van der Waals surface area contributed by atoms with Gasteiger partial charge in [-0.25, -0.2) is 0 Å². The van der Waals surface area contributed by atoms with E-state index in [0.29, 0.717) is 11.5 Å². The van der Waals surface area contributed by atoms with Crippen molar-refractivity contribution in [2.75, 3.05) is 20.2 Å². The molecule has 2 bridgehead atoms. The molecule has 0 aromatic carbocycles. The van der Waals surface area contributed by atoms with Crippen LogP contribution in [-0.4, -0.2) is 43.5 Å². The summed E-state index contributed by atoms with van der Waals surface area (Å²) in [5, 5.41) is 0. The zero-order valence-corrected chi connectivity index (χ0v) is 12.1. The number of hydrogen-bond donors (Lipinski definition) is 0. The van der Waals surface area contributed by atoms with Gasteiger partial charge >= 0.3 is 0 Å². The molecule has 3 saturated heterocycles. The lowest BCUT2D eigenvalue weighted by atomic mass is 9.58. The number of fused-ring (bicyclic) bond motifs is 2. The van der Waals surface area contributed by atoms with Crippen molar-refractivity contribution >= 4 is 0 Å². The van der Waals surface area contributed by atoms with Crippen molar-refractivity contribution in [3.05, 3.63) is 0 Å². The molecule has 1 saturated carbocycles. The highest BCUT2D eigenvalue weighted by atomic mass is 16.7. The van der Waals surface area contributed by atoms with Crippen LogP contribution in [0.15, 0.2) is 0 Å². The molecule has 19 heavy (non-hydrogen) atoms. The molecule has 0 unspecified atom stereocenters. The largest absolute Gasteiger partial charge is 0.356 e. The van der Waals surface area contributed by atoms with Gasteiger partial charge in [-0.3, -0.25) is 4.90 Å². The second-order valence-electron chi connectivity index (χ2n) is 7.21. The third kappa shape index (κ3) is 1.89. The van der Waals surface area contributed by atoms with E-state index >= 15 is 0 Å². The minimum Gasteiger partial charge on any atom is -0.356 e. The molecule has 4 fully saturated rings. The summed E-state index contributed by atoms with van der Waals surface area (Å²) in [6.07, 6.45) is 11.4. The molecule has 0 aromatic rings. The Morgan fingerprint density at radius 2 is 2.05 bits per heavy atom. The van der Waals surface area contributed by atoms with Crippen LogP contribution in [0.5, 0.6) is 0 Å². The molecule has 3 heterocycles. The summed E-state index contributed by atoms with van der Waals surface area (Å²) in [5.74, 6) is 0.778. The molecule has 3 heteroatoms. The highest BCUT2D eigenvalue weighted by Crippen LogP contribution is 2.54. The van der Waals surface area contributed by atoms with Crippen LogP contribution in [-0.2, 0) is 9.47 Å². The van der Waals surface area contributed by atoms with E-state index in [2.05, 4.69) is 4.90 Å². The summed E-state index contributed by atoms with van der Waals surface area (Å²) in [6.45, 7) is 2.64. The summed E-state index contributed by atoms with van der Waals surface area (Å²) < 4.78 is 11.9. The van der Waals surface area contributed by atoms with E-state index in [1.165, 1.54) is 58.0 Å². The fraction of sp³-hybridized carbons (Fsp3) is 1.00. The van der Waals surface area contributed by atoms with Gasteiger partial charge in [-0.1, -0.05) is 12.8 Å². The maximum absolute atomic E-state index is 6.40. The van der Waals surface area contributed by atoms with E-state index < -0.39 is 0 Å². The first-order valence-corrected chi connectivity index (χ1v) is 8.25. The van der Waals surface area contributed by atoms with Crippen LogP contribution in [0.4, 0.5) is 0 Å². The molecule has 3 nitrogen and oxygen atoms in total. The molecule has 5 atom stereocenters. The molecule has 0 spiro atoms. The minimum absolute atomic E-state index is 0.0638. The highest BCUT2D eigenvalue weighted by molar-refractivity contribution is 5.07. The number of methoxy groups -OCH3 is 1. The normalized spacial score (nSPS) is 50.4. The van der Waals surface area contributed by atoms with Crippen LogP contribution in [0.2, 0.25) is 0 Å². The number of hydrogen-bond acceptors (Lipinski definition) is 3. The summed E-state index contributed by atoms with van der Waals surface area (Å²) in [5.41, 5.74) is 0.464. The average Bonchev–Trinajstić information content (AvgIpc) is 2.45. The van der Waals surface area contributed by atoms with Gasteiger partial charge in [0.05, 0.1) is 6.10 Å². The van der Waals surface area contributed by atoms with Gasteiger partial charge in [-0.2, -0.15) is 0 Å². The van der Waals surface area contributed by atoms with Gasteiger partial charge in [-0.05, 0) is 45.1 Å². The molecule has 3 aliphatic heterocycles. The van der Waals surface area contributed by atoms with Crippen molar-refractivity contribution < 1.29 is 9.47 Å². The Balaban J connectivity index is 1.63. The van der Waals surface area contributed by atoms with Gasteiger partial charge < -0.3 is 9.47 Å². The predicted octanol–water partition coefficient (Wildman–Crippen LogP) is 2.79. The third-order valence-electron chi connectivity index (χ3n) is 6.32. The second kappa shape index (κ2) is 4.71. The van der Waals surface area contributed by atoms with E-state index in [9.17, 15) is 0 Å².